The number of nitrogens with zero attached hydrogens (tertiary/aromatic N) is 1. The van der Waals surface area contributed by atoms with Gasteiger partial charge in [0.1, 0.15) is 0 Å². The second-order valence-corrected chi connectivity index (χ2v) is 6.92. The molecule has 2 rings (SSSR count). The molecule has 4 nitrogen and oxygen atoms in total. The summed E-state index contributed by atoms with van der Waals surface area (Å²) in [5.74, 6) is 0.464. The maximum absolute atomic E-state index is 12.6. The molecule has 1 aliphatic heterocycles. The Balaban J connectivity index is 1.98. The molecule has 1 heterocycles. The number of carbonyl (C=O) groups excluding carboxylic acids is 1. The van der Waals surface area contributed by atoms with Crippen molar-refractivity contribution < 1.29 is 9.53 Å². The lowest BCUT2D eigenvalue weighted by molar-refractivity contribution is 0.0998. The zero-order valence-corrected chi connectivity index (χ0v) is 15.4. The predicted octanol–water partition coefficient (Wildman–Crippen LogP) is 3.81. The molecule has 1 atom stereocenters. The summed E-state index contributed by atoms with van der Waals surface area (Å²) >= 11 is 0. The first-order valence-electron chi connectivity index (χ1n) is 9.22. The number of ether oxygens (including phenoxy) is 1. The van der Waals surface area contributed by atoms with Crippen LogP contribution >= 0.6 is 0 Å². The zero-order valence-electron chi connectivity index (χ0n) is 15.4. The molecule has 0 spiro atoms. The van der Waals surface area contributed by atoms with Crippen LogP contribution in [0.1, 0.15) is 45.1 Å². The molecule has 1 aromatic carbocycles. The lowest BCUT2D eigenvalue weighted by Crippen LogP contribution is -2.49. The van der Waals surface area contributed by atoms with Gasteiger partial charge in [-0.15, -0.1) is 0 Å². The summed E-state index contributed by atoms with van der Waals surface area (Å²) in [6, 6.07) is 10.6. The number of piperidine rings is 1. The Bertz CT molecular complexity index is 498. The number of benzene rings is 1. The highest BCUT2D eigenvalue weighted by molar-refractivity contribution is 5.74. The molecule has 0 radical (unpaired) electrons. The topological polar surface area (TPSA) is 41.6 Å². The number of nitrogens with one attached hydrogen (secondary N) is 1. The number of amides is 2. The molecule has 0 aromatic heterocycles. The SMILES string of the molecule is CCC(CC)(CNC(=O)N1CCCC(COC)C1)c1ccccc1. The maximum Gasteiger partial charge on any atom is 0.317 e. The van der Waals surface area contributed by atoms with Crippen molar-refractivity contribution in [3.05, 3.63) is 35.9 Å². The van der Waals surface area contributed by atoms with E-state index in [1.807, 2.05) is 11.0 Å². The minimum Gasteiger partial charge on any atom is -0.384 e. The van der Waals surface area contributed by atoms with Gasteiger partial charge < -0.3 is 15.0 Å². The lowest BCUT2D eigenvalue weighted by atomic mass is 9.76. The number of urea groups is 1. The van der Waals surface area contributed by atoms with Crippen molar-refractivity contribution in [1.29, 1.82) is 0 Å². The molecule has 1 aliphatic rings. The smallest absolute Gasteiger partial charge is 0.317 e. The fourth-order valence-corrected chi connectivity index (χ4v) is 3.78. The number of rotatable bonds is 7. The van der Waals surface area contributed by atoms with Gasteiger partial charge in [0.05, 0.1) is 6.61 Å². The van der Waals surface area contributed by atoms with Gasteiger partial charge in [0.15, 0.2) is 0 Å². The van der Waals surface area contributed by atoms with Crippen molar-refractivity contribution >= 4 is 6.03 Å². The highest BCUT2D eigenvalue weighted by Gasteiger charge is 2.30. The van der Waals surface area contributed by atoms with Gasteiger partial charge >= 0.3 is 6.03 Å². The molecule has 24 heavy (non-hydrogen) atoms. The van der Waals surface area contributed by atoms with Gasteiger partial charge in [-0.3, -0.25) is 0 Å². The molecule has 1 N–H and O–H groups in total. The molecular formula is C20H32N2O2. The van der Waals surface area contributed by atoms with E-state index < -0.39 is 0 Å². The van der Waals surface area contributed by atoms with E-state index in [4.69, 9.17) is 4.74 Å². The number of hydrogen-bond donors (Lipinski definition) is 1. The van der Waals surface area contributed by atoms with Gasteiger partial charge in [-0.1, -0.05) is 44.2 Å². The van der Waals surface area contributed by atoms with Crippen LogP contribution < -0.4 is 5.32 Å². The largest absolute Gasteiger partial charge is 0.384 e. The summed E-state index contributed by atoms with van der Waals surface area (Å²) in [6.45, 7) is 7.49. The van der Waals surface area contributed by atoms with Crippen LogP contribution in [0.3, 0.4) is 0 Å². The van der Waals surface area contributed by atoms with Crippen LogP contribution in [0, 0.1) is 5.92 Å². The second-order valence-electron chi connectivity index (χ2n) is 6.92. The molecule has 1 unspecified atom stereocenters. The molecule has 2 amide bonds. The highest BCUT2D eigenvalue weighted by atomic mass is 16.5. The van der Waals surface area contributed by atoms with Crippen LogP contribution in [0.5, 0.6) is 0 Å². The molecule has 4 heteroatoms. The summed E-state index contributed by atoms with van der Waals surface area (Å²) in [4.78, 5) is 14.6. The molecular weight excluding hydrogens is 300 g/mol. The van der Waals surface area contributed by atoms with Crippen molar-refractivity contribution in [3.8, 4) is 0 Å². The van der Waals surface area contributed by atoms with Gasteiger partial charge in [-0.25, -0.2) is 4.79 Å². The van der Waals surface area contributed by atoms with Crippen LogP contribution in [0.4, 0.5) is 4.79 Å². The van der Waals surface area contributed by atoms with Crippen molar-refractivity contribution in [3.63, 3.8) is 0 Å². The predicted molar refractivity (Wildman–Crippen MR) is 98.3 cm³/mol. The molecule has 0 aliphatic carbocycles. The van der Waals surface area contributed by atoms with Gasteiger partial charge in [0.2, 0.25) is 0 Å². The highest BCUT2D eigenvalue weighted by Crippen LogP contribution is 2.31. The van der Waals surface area contributed by atoms with E-state index in [1.165, 1.54) is 5.56 Å². The minimum absolute atomic E-state index is 0.0125. The third-order valence-electron chi connectivity index (χ3n) is 5.53. The number of carbonyl (C=O) groups is 1. The van der Waals surface area contributed by atoms with Crippen LogP contribution in [-0.4, -0.2) is 44.3 Å². The van der Waals surface area contributed by atoms with Crippen molar-refractivity contribution in [2.45, 2.75) is 44.9 Å². The molecule has 0 bridgehead atoms. The van der Waals surface area contributed by atoms with Crippen molar-refractivity contribution in [1.82, 2.24) is 10.2 Å². The molecule has 0 saturated carbocycles. The first-order chi connectivity index (χ1) is 11.6. The summed E-state index contributed by atoms with van der Waals surface area (Å²) in [5.41, 5.74) is 1.32. The average Bonchev–Trinajstić information content (AvgIpc) is 2.64. The van der Waals surface area contributed by atoms with E-state index in [2.05, 4.69) is 43.4 Å². The van der Waals surface area contributed by atoms with E-state index in [1.54, 1.807) is 7.11 Å². The normalized spacial score (nSPS) is 18.5. The molecule has 134 valence electrons. The molecule has 1 aromatic rings. The fraction of sp³-hybridized carbons (Fsp3) is 0.650. The minimum atomic E-state index is 0.0125. The fourth-order valence-electron chi connectivity index (χ4n) is 3.78. The third kappa shape index (κ3) is 4.50. The zero-order chi connectivity index (χ0) is 17.4. The molecule has 1 saturated heterocycles. The van der Waals surface area contributed by atoms with Crippen LogP contribution in [0.15, 0.2) is 30.3 Å². The van der Waals surface area contributed by atoms with E-state index >= 15 is 0 Å². The summed E-state index contributed by atoms with van der Waals surface area (Å²) in [6.07, 6.45) is 4.24. The standard InChI is InChI=1S/C20H32N2O2/c1-4-20(5-2,18-11-7-6-8-12-18)16-21-19(23)22-13-9-10-17(14-22)15-24-3/h6-8,11-12,17H,4-5,9-10,13-16H2,1-3H3,(H,21,23). The Hall–Kier alpha value is -1.55. The van der Waals surface area contributed by atoms with E-state index in [0.29, 0.717) is 12.5 Å². The van der Waals surface area contributed by atoms with Gasteiger partial charge in [0.25, 0.3) is 0 Å². The Kier molecular flexibility index (Phi) is 7.10. The van der Waals surface area contributed by atoms with Crippen LogP contribution in [0.2, 0.25) is 0 Å². The average molecular weight is 332 g/mol. The second kappa shape index (κ2) is 9.07. The van der Waals surface area contributed by atoms with Gasteiger partial charge in [-0.05, 0) is 31.2 Å². The number of likely N-dealkylation sites (tertiary alicyclic amines) is 1. The van der Waals surface area contributed by atoms with Gasteiger partial charge in [0, 0.05) is 38.1 Å². The third-order valence-corrected chi connectivity index (χ3v) is 5.53. The van der Waals surface area contributed by atoms with E-state index in [9.17, 15) is 4.79 Å². The monoisotopic (exact) mass is 332 g/mol. The van der Waals surface area contributed by atoms with E-state index in [0.717, 1.165) is 45.4 Å². The summed E-state index contributed by atoms with van der Waals surface area (Å²) < 4.78 is 5.26. The first-order valence-corrected chi connectivity index (χ1v) is 9.22. The van der Waals surface area contributed by atoms with Crippen molar-refractivity contribution in [2.24, 2.45) is 5.92 Å². The Morgan fingerprint density at radius 1 is 1.29 bits per heavy atom. The van der Waals surface area contributed by atoms with Gasteiger partial charge in [-0.2, -0.15) is 0 Å². The maximum atomic E-state index is 12.6. The number of hydrogen-bond acceptors (Lipinski definition) is 2. The summed E-state index contributed by atoms with van der Waals surface area (Å²) in [7, 11) is 1.73. The first kappa shape index (κ1) is 18.8. The quantitative estimate of drug-likeness (QED) is 0.825. The number of methoxy groups -OCH3 is 1. The van der Waals surface area contributed by atoms with Crippen LogP contribution in [-0.2, 0) is 10.2 Å². The van der Waals surface area contributed by atoms with Crippen LogP contribution in [0.25, 0.3) is 0 Å². The van der Waals surface area contributed by atoms with E-state index in [-0.39, 0.29) is 11.4 Å². The lowest BCUT2D eigenvalue weighted by Gasteiger charge is -2.36. The molecule has 1 fully saturated rings. The summed E-state index contributed by atoms with van der Waals surface area (Å²) in [5, 5.41) is 3.20. The Labute approximate surface area is 146 Å². The van der Waals surface area contributed by atoms with Crippen molar-refractivity contribution in [2.75, 3.05) is 33.4 Å². The Morgan fingerprint density at radius 3 is 2.62 bits per heavy atom. The Morgan fingerprint density at radius 2 is 2.00 bits per heavy atom.